The van der Waals surface area contributed by atoms with Crippen molar-refractivity contribution >= 4 is 40.4 Å². The van der Waals surface area contributed by atoms with Crippen LogP contribution in [0.3, 0.4) is 0 Å². The number of imide groups is 2. The Morgan fingerprint density at radius 1 is 1.00 bits per heavy atom. The number of fused-ring (bicyclic) bond motifs is 2. The van der Waals surface area contributed by atoms with Gasteiger partial charge in [-0.25, -0.2) is 9.69 Å². The van der Waals surface area contributed by atoms with E-state index in [0.717, 1.165) is 15.7 Å². The van der Waals surface area contributed by atoms with Crippen molar-refractivity contribution in [1.29, 1.82) is 0 Å². The summed E-state index contributed by atoms with van der Waals surface area (Å²) in [6.07, 6.45) is 1.49. The minimum atomic E-state index is -0.826. The number of nitrogens with one attached hydrogen (secondary N) is 1. The minimum absolute atomic E-state index is 0.0629. The molecule has 0 bridgehead atoms. The van der Waals surface area contributed by atoms with Gasteiger partial charge in [-0.1, -0.05) is 30.3 Å². The number of anilines is 1. The molecule has 3 aromatic rings. The van der Waals surface area contributed by atoms with Crippen LogP contribution in [-0.2, 0) is 9.59 Å². The lowest BCUT2D eigenvalue weighted by molar-refractivity contribution is -0.122. The van der Waals surface area contributed by atoms with Gasteiger partial charge in [-0.05, 0) is 42.1 Å². The topological polar surface area (TPSA) is 94.2 Å². The Morgan fingerprint density at radius 3 is 2.59 bits per heavy atom. The molecule has 0 saturated carbocycles. The van der Waals surface area contributed by atoms with Crippen LogP contribution < -0.4 is 24.4 Å². The summed E-state index contributed by atoms with van der Waals surface area (Å²) in [6.45, 7) is 2.47. The fraction of sp³-hybridized carbons (Fsp3) is 0.125. The van der Waals surface area contributed by atoms with Gasteiger partial charge in [0.25, 0.3) is 11.8 Å². The van der Waals surface area contributed by atoms with E-state index in [0.29, 0.717) is 29.4 Å². The lowest BCUT2D eigenvalue weighted by atomic mass is 10.00. The first-order valence-corrected chi connectivity index (χ1v) is 10.0. The first-order chi connectivity index (χ1) is 15.6. The van der Waals surface area contributed by atoms with Crippen molar-refractivity contribution in [2.24, 2.45) is 0 Å². The third-order valence-corrected chi connectivity index (χ3v) is 5.23. The number of hydrogen-bond acceptors (Lipinski definition) is 6. The average molecular weight is 430 g/mol. The van der Waals surface area contributed by atoms with Crippen molar-refractivity contribution in [3.05, 3.63) is 65.7 Å². The fourth-order valence-electron chi connectivity index (χ4n) is 3.77. The van der Waals surface area contributed by atoms with Crippen LogP contribution in [0.25, 0.3) is 16.8 Å². The van der Waals surface area contributed by atoms with Crippen molar-refractivity contribution in [2.45, 2.75) is 6.92 Å². The number of carbonyl (C=O) groups excluding carboxylic acids is 3. The Balaban J connectivity index is 1.57. The number of benzene rings is 3. The molecule has 160 valence electrons. The molecule has 2 heterocycles. The standard InChI is InChI=1S/C24H18N2O6/c1-2-30-19-9-7-14(16-5-3-4-6-17(16)19)11-18-22(27)25-24(29)26(23(18)28)15-8-10-20-21(12-15)32-13-31-20/h3-12H,2,13H2,1H3,(H,25,27,29)/b18-11+. The lowest BCUT2D eigenvalue weighted by Crippen LogP contribution is -2.54. The van der Waals surface area contributed by atoms with Gasteiger partial charge in [-0.3, -0.25) is 14.9 Å². The van der Waals surface area contributed by atoms with Crippen molar-refractivity contribution in [1.82, 2.24) is 5.32 Å². The molecule has 1 N–H and O–H groups in total. The maximum atomic E-state index is 13.2. The van der Waals surface area contributed by atoms with E-state index in [-0.39, 0.29) is 18.1 Å². The molecule has 3 aromatic carbocycles. The van der Waals surface area contributed by atoms with Crippen LogP contribution in [0.5, 0.6) is 17.2 Å². The Hall–Kier alpha value is -4.33. The van der Waals surface area contributed by atoms with Crippen LogP contribution in [0.1, 0.15) is 12.5 Å². The zero-order valence-corrected chi connectivity index (χ0v) is 17.1. The first kappa shape index (κ1) is 19.6. The summed E-state index contributed by atoms with van der Waals surface area (Å²) < 4.78 is 16.3. The van der Waals surface area contributed by atoms with Gasteiger partial charge in [0.1, 0.15) is 11.3 Å². The van der Waals surface area contributed by atoms with Gasteiger partial charge in [0.15, 0.2) is 11.5 Å². The number of hydrogen-bond donors (Lipinski definition) is 1. The smallest absolute Gasteiger partial charge is 0.335 e. The Bertz CT molecular complexity index is 1310. The second kappa shape index (κ2) is 7.73. The molecular weight excluding hydrogens is 412 g/mol. The van der Waals surface area contributed by atoms with Crippen molar-refractivity contribution in [2.75, 3.05) is 18.3 Å². The molecule has 4 amide bonds. The van der Waals surface area contributed by atoms with Crippen LogP contribution in [0.4, 0.5) is 10.5 Å². The summed E-state index contributed by atoms with van der Waals surface area (Å²) >= 11 is 0. The number of barbiturate groups is 1. The minimum Gasteiger partial charge on any atom is -0.493 e. The van der Waals surface area contributed by atoms with Crippen LogP contribution in [0.15, 0.2) is 60.2 Å². The maximum Gasteiger partial charge on any atom is 0.335 e. The summed E-state index contributed by atoms with van der Waals surface area (Å²) in [5.41, 5.74) is 0.769. The highest BCUT2D eigenvalue weighted by Crippen LogP contribution is 2.37. The van der Waals surface area contributed by atoms with Gasteiger partial charge in [0.2, 0.25) is 6.79 Å². The average Bonchev–Trinajstić information content (AvgIpc) is 3.26. The number of urea groups is 1. The fourth-order valence-corrected chi connectivity index (χ4v) is 3.77. The van der Waals surface area contributed by atoms with E-state index in [1.54, 1.807) is 24.3 Å². The molecular formula is C24H18N2O6. The highest BCUT2D eigenvalue weighted by molar-refractivity contribution is 6.39. The predicted molar refractivity (Wildman–Crippen MR) is 117 cm³/mol. The molecule has 2 aliphatic rings. The summed E-state index contributed by atoms with van der Waals surface area (Å²) in [7, 11) is 0. The van der Waals surface area contributed by atoms with Crippen LogP contribution in [-0.4, -0.2) is 31.2 Å². The zero-order chi connectivity index (χ0) is 22.2. The molecule has 32 heavy (non-hydrogen) atoms. The van der Waals surface area contributed by atoms with Crippen molar-refractivity contribution < 1.29 is 28.6 Å². The molecule has 5 rings (SSSR count). The van der Waals surface area contributed by atoms with Gasteiger partial charge in [0.05, 0.1) is 12.3 Å². The zero-order valence-electron chi connectivity index (χ0n) is 17.1. The van der Waals surface area contributed by atoms with Gasteiger partial charge >= 0.3 is 6.03 Å². The molecule has 0 spiro atoms. The molecule has 8 heteroatoms. The highest BCUT2D eigenvalue weighted by Gasteiger charge is 2.37. The van der Waals surface area contributed by atoms with E-state index in [2.05, 4.69) is 5.32 Å². The molecule has 0 radical (unpaired) electrons. The quantitative estimate of drug-likeness (QED) is 0.502. The van der Waals surface area contributed by atoms with E-state index < -0.39 is 17.8 Å². The number of ether oxygens (including phenoxy) is 3. The lowest BCUT2D eigenvalue weighted by Gasteiger charge is -2.26. The second-order valence-electron chi connectivity index (χ2n) is 7.13. The maximum absolute atomic E-state index is 13.2. The number of carbonyl (C=O) groups is 3. The van der Waals surface area contributed by atoms with E-state index in [1.807, 2.05) is 31.2 Å². The summed E-state index contributed by atoms with van der Waals surface area (Å²) in [6, 6.07) is 15.0. The molecule has 0 aliphatic carbocycles. The molecule has 2 aliphatic heterocycles. The van der Waals surface area contributed by atoms with E-state index in [4.69, 9.17) is 14.2 Å². The Labute approximate surface area is 183 Å². The van der Waals surface area contributed by atoms with Crippen LogP contribution in [0.2, 0.25) is 0 Å². The summed E-state index contributed by atoms with van der Waals surface area (Å²) in [5.74, 6) is 0.168. The number of nitrogens with zero attached hydrogens (tertiary/aromatic N) is 1. The Morgan fingerprint density at radius 2 is 1.78 bits per heavy atom. The third-order valence-electron chi connectivity index (χ3n) is 5.23. The van der Waals surface area contributed by atoms with Gasteiger partial charge in [0, 0.05) is 11.5 Å². The first-order valence-electron chi connectivity index (χ1n) is 10.0. The molecule has 0 atom stereocenters. The van der Waals surface area contributed by atoms with Crippen LogP contribution in [0, 0.1) is 0 Å². The number of amides is 4. The molecule has 1 saturated heterocycles. The van der Waals surface area contributed by atoms with E-state index in [1.165, 1.54) is 12.1 Å². The predicted octanol–water partition coefficient (Wildman–Crippen LogP) is 3.63. The summed E-state index contributed by atoms with van der Waals surface area (Å²) in [5, 5.41) is 3.91. The van der Waals surface area contributed by atoms with Gasteiger partial charge < -0.3 is 14.2 Å². The molecule has 1 fully saturated rings. The molecule has 0 unspecified atom stereocenters. The third kappa shape index (κ3) is 3.22. The monoisotopic (exact) mass is 430 g/mol. The highest BCUT2D eigenvalue weighted by atomic mass is 16.7. The normalized spacial score (nSPS) is 16.6. The largest absolute Gasteiger partial charge is 0.493 e. The summed E-state index contributed by atoms with van der Waals surface area (Å²) in [4.78, 5) is 39.2. The molecule has 8 nitrogen and oxygen atoms in total. The van der Waals surface area contributed by atoms with Gasteiger partial charge in [-0.15, -0.1) is 0 Å². The van der Waals surface area contributed by atoms with E-state index >= 15 is 0 Å². The van der Waals surface area contributed by atoms with Crippen LogP contribution >= 0.6 is 0 Å². The van der Waals surface area contributed by atoms with E-state index in [9.17, 15) is 14.4 Å². The van der Waals surface area contributed by atoms with Crippen molar-refractivity contribution in [3.8, 4) is 17.2 Å². The number of rotatable bonds is 4. The molecule has 0 aromatic heterocycles. The van der Waals surface area contributed by atoms with Crippen molar-refractivity contribution in [3.63, 3.8) is 0 Å². The Kier molecular flexibility index (Phi) is 4.74. The SMILES string of the molecule is CCOc1ccc(/C=C2\C(=O)NC(=O)N(c3ccc4c(c3)OCO4)C2=O)c2ccccc12. The second-order valence-corrected chi connectivity index (χ2v) is 7.13. The van der Waals surface area contributed by atoms with Gasteiger partial charge in [-0.2, -0.15) is 0 Å².